The maximum absolute atomic E-state index is 5.42. The summed E-state index contributed by atoms with van der Waals surface area (Å²) >= 11 is 0. The monoisotopic (exact) mass is 425 g/mol. The van der Waals surface area contributed by atoms with Gasteiger partial charge in [-0.1, -0.05) is 53.7 Å². The highest BCUT2D eigenvalue weighted by Crippen LogP contribution is 2.29. The first-order valence-electron chi connectivity index (χ1n) is 10.4. The van der Waals surface area contributed by atoms with Crippen LogP contribution in [-0.2, 0) is 6.42 Å². The molecule has 0 atom stereocenters. The molecule has 5 rings (SSSR count). The average Bonchev–Trinajstić information content (AvgIpc) is 3.28. The largest absolute Gasteiger partial charge is 0.493 e. The van der Waals surface area contributed by atoms with E-state index in [4.69, 9.17) is 14.5 Å². The molecular formula is C25H23N5O2. The smallest absolute Gasteiger partial charge is 0.186 e. The van der Waals surface area contributed by atoms with Crippen LogP contribution in [0.1, 0.15) is 5.56 Å². The second-order valence-electron chi connectivity index (χ2n) is 7.38. The van der Waals surface area contributed by atoms with Gasteiger partial charge in [-0.15, -0.1) is 5.10 Å². The van der Waals surface area contributed by atoms with E-state index in [2.05, 4.69) is 15.6 Å². The van der Waals surface area contributed by atoms with Crippen molar-refractivity contribution in [3.05, 3.63) is 78.4 Å². The van der Waals surface area contributed by atoms with Gasteiger partial charge in [-0.3, -0.25) is 0 Å². The highest BCUT2D eigenvalue weighted by atomic mass is 16.5. The Kier molecular flexibility index (Phi) is 5.29. The minimum Gasteiger partial charge on any atom is -0.493 e. The second kappa shape index (κ2) is 8.55. The molecule has 0 radical (unpaired) electrons. The van der Waals surface area contributed by atoms with Crippen molar-refractivity contribution in [2.24, 2.45) is 0 Å². The van der Waals surface area contributed by atoms with Gasteiger partial charge < -0.3 is 14.8 Å². The van der Waals surface area contributed by atoms with E-state index in [9.17, 15) is 0 Å². The fraction of sp³-hybridized carbons (Fsp3) is 0.160. The molecule has 0 aliphatic rings. The van der Waals surface area contributed by atoms with E-state index < -0.39 is 0 Å². The van der Waals surface area contributed by atoms with E-state index in [0.717, 1.165) is 57.1 Å². The summed E-state index contributed by atoms with van der Waals surface area (Å²) in [6, 6.07) is 24.1. The third-order valence-corrected chi connectivity index (χ3v) is 5.45. The molecule has 32 heavy (non-hydrogen) atoms. The van der Waals surface area contributed by atoms with Crippen LogP contribution in [0.25, 0.3) is 27.8 Å². The quantitative estimate of drug-likeness (QED) is 0.410. The van der Waals surface area contributed by atoms with E-state index in [1.165, 1.54) is 0 Å². The molecular weight excluding hydrogens is 402 g/mol. The molecule has 2 heterocycles. The number of methoxy groups -OCH3 is 2. The zero-order valence-electron chi connectivity index (χ0n) is 17.9. The molecule has 7 nitrogen and oxygen atoms in total. The minimum atomic E-state index is 0.713. The Balaban J connectivity index is 1.48. The van der Waals surface area contributed by atoms with Gasteiger partial charge in [0.25, 0.3) is 0 Å². The first-order chi connectivity index (χ1) is 15.8. The molecule has 2 aromatic heterocycles. The topological polar surface area (TPSA) is 73.6 Å². The van der Waals surface area contributed by atoms with Crippen LogP contribution in [0.2, 0.25) is 0 Å². The Labute approximate surface area is 185 Å². The number of hydrogen-bond acceptors (Lipinski definition) is 6. The molecule has 3 aromatic carbocycles. The number of ether oxygens (including phenoxy) is 2. The van der Waals surface area contributed by atoms with Crippen LogP contribution in [0.3, 0.4) is 0 Å². The molecule has 0 saturated heterocycles. The number of nitrogens with one attached hydrogen (secondary N) is 1. The summed E-state index contributed by atoms with van der Waals surface area (Å²) < 4.78 is 12.6. The molecule has 0 spiro atoms. The van der Waals surface area contributed by atoms with Crippen LogP contribution in [0.4, 0.5) is 5.82 Å². The van der Waals surface area contributed by atoms with E-state index in [1.807, 2.05) is 72.8 Å². The fourth-order valence-electron chi connectivity index (χ4n) is 3.84. The highest BCUT2D eigenvalue weighted by molar-refractivity contribution is 5.93. The van der Waals surface area contributed by atoms with Gasteiger partial charge in [0.2, 0.25) is 0 Å². The lowest BCUT2D eigenvalue weighted by Gasteiger charge is -2.12. The first kappa shape index (κ1) is 19.8. The molecule has 0 saturated carbocycles. The molecule has 0 aliphatic carbocycles. The van der Waals surface area contributed by atoms with Crippen LogP contribution in [0.15, 0.2) is 72.8 Å². The van der Waals surface area contributed by atoms with Crippen LogP contribution in [0.5, 0.6) is 11.5 Å². The lowest BCUT2D eigenvalue weighted by molar-refractivity contribution is 0.354. The Morgan fingerprint density at radius 2 is 1.66 bits per heavy atom. The number of benzene rings is 3. The number of anilines is 1. The van der Waals surface area contributed by atoms with Gasteiger partial charge >= 0.3 is 0 Å². The van der Waals surface area contributed by atoms with Gasteiger partial charge in [0.15, 0.2) is 17.1 Å². The number of hydrogen-bond donors (Lipinski definition) is 1. The summed E-state index contributed by atoms with van der Waals surface area (Å²) in [5.74, 6) is 2.27. The summed E-state index contributed by atoms with van der Waals surface area (Å²) in [5, 5.41) is 13.3. The van der Waals surface area contributed by atoms with E-state index in [1.54, 1.807) is 18.7 Å². The normalized spacial score (nSPS) is 11.1. The van der Waals surface area contributed by atoms with Crippen LogP contribution >= 0.6 is 0 Å². The van der Waals surface area contributed by atoms with Gasteiger partial charge in [0.05, 0.1) is 19.7 Å². The van der Waals surface area contributed by atoms with E-state index >= 15 is 0 Å². The molecule has 5 aromatic rings. The number of rotatable bonds is 7. The van der Waals surface area contributed by atoms with Crippen LogP contribution < -0.4 is 14.8 Å². The Bertz CT molecular complexity index is 1380. The van der Waals surface area contributed by atoms with Crippen molar-refractivity contribution < 1.29 is 9.47 Å². The van der Waals surface area contributed by atoms with Crippen molar-refractivity contribution >= 4 is 22.4 Å². The molecule has 1 N–H and O–H groups in total. The zero-order valence-corrected chi connectivity index (χ0v) is 17.9. The average molecular weight is 425 g/mol. The lowest BCUT2D eigenvalue weighted by Crippen LogP contribution is -2.08. The van der Waals surface area contributed by atoms with Gasteiger partial charge in [-0.2, -0.15) is 4.52 Å². The maximum Gasteiger partial charge on any atom is 0.186 e. The maximum atomic E-state index is 5.42. The van der Waals surface area contributed by atoms with E-state index in [-0.39, 0.29) is 0 Å². The van der Waals surface area contributed by atoms with Crippen molar-refractivity contribution in [1.29, 1.82) is 0 Å². The second-order valence-corrected chi connectivity index (χ2v) is 7.38. The molecule has 0 aliphatic heterocycles. The number of fused-ring (bicyclic) bond motifs is 3. The fourth-order valence-corrected chi connectivity index (χ4v) is 3.84. The predicted molar refractivity (Wildman–Crippen MR) is 125 cm³/mol. The van der Waals surface area contributed by atoms with Crippen molar-refractivity contribution in [3.8, 4) is 22.8 Å². The summed E-state index contributed by atoms with van der Waals surface area (Å²) in [6.45, 7) is 0.713. The van der Waals surface area contributed by atoms with Gasteiger partial charge in [0.1, 0.15) is 11.5 Å². The third kappa shape index (κ3) is 3.58. The molecule has 0 amide bonds. The summed E-state index contributed by atoms with van der Waals surface area (Å²) in [4.78, 5) is 4.91. The van der Waals surface area contributed by atoms with E-state index in [0.29, 0.717) is 6.54 Å². The van der Waals surface area contributed by atoms with Gasteiger partial charge in [-0.05, 0) is 36.2 Å². The number of aromatic nitrogens is 4. The SMILES string of the molecule is COc1ccc(CCNc2nc3c(-c4ccccc4)nnn3c3ccccc23)cc1OC. The summed E-state index contributed by atoms with van der Waals surface area (Å²) in [6.07, 6.45) is 0.810. The molecule has 160 valence electrons. The standard InChI is InChI=1S/C25H23N5O2/c1-31-21-13-12-17(16-22(21)32-2)14-15-26-24-19-10-6-7-11-20(19)30-25(27-24)23(28-29-30)18-8-4-3-5-9-18/h3-13,16H,14-15H2,1-2H3,(H,26,27). The Morgan fingerprint density at radius 1 is 0.875 bits per heavy atom. The zero-order chi connectivity index (χ0) is 21.9. The van der Waals surface area contributed by atoms with Gasteiger partial charge in [-0.25, -0.2) is 4.98 Å². The number of nitrogens with zero attached hydrogens (tertiary/aromatic N) is 4. The molecule has 0 unspecified atom stereocenters. The molecule has 7 heteroatoms. The Hall–Kier alpha value is -4.13. The highest BCUT2D eigenvalue weighted by Gasteiger charge is 2.15. The minimum absolute atomic E-state index is 0.713. The van der Waals surface area contributed by atoms with Gasteiger partial charge in [0, 0.05) is 17.5 Å². The lowest BCUT2D eigenvalue weighted by atomic mass is 10.1. The van der Waals surface area contributed by atoms with Crippen LogP contribution in [0, 0.1) is 0 Å². The first-order valence-corrected chi connectivity index (χ1v) is 10.4. The van der Waals surface area contributed by atoms with Crippen molar-refractivity contribution in [1.82, 2.24) is 19.8 Å². The van der Waals surface area contributed by atoms with Crippen LogP contribution in [-0.4, -0.2) is 40.6 Å². The summed E-state index contributed by atoms with van der Waals surface area (Å²) in [5.41, 5.74) is 4.58. The van der Waals surface area contributed by atoms with Crippen molar-refractivity contribution in [2.75, 3.05) is 26.1 Å². The summed E-state index contributed by atoms with van der Waals surface area (Å²) in [7, 11) is 3.29. The third-order valence-electron chi connectivity index (χ3n) is 5.45. The molecule has 0 fully saturated rings. The predicted octanol–water partition coefficient (Wildman–Crippen LogP) is 4.62. The van der Waals surface area contributed by atoms with Crippen molar-refractivity contribution in [3.63, 3.8) is 0 Å². The Morgan fingerprint density at radius 3 is 2.47 bits per heavy atom. The molecule has 0 bridgehead atoms. The van der Waals surface area contributed by atoms with Crippen molar-refractivity contribution in [2.45, 2.75) is 6.42 Å². The number of para-hydroxylation sites is 1.